The van der Waals surface area contributed by atoms with Crippen LogP contribution >= 0.6 is 37.4 Å². The van der Waals surface area contributed by atoms with Crippen molar-refractivity contribution in [2.75, 3.05) is 6.61 Å². The molecule has 0 saturated carbocycles. The molecule has 6 heteroatoms. The van der Waals surface area contributed by atoms with E-state index < -0.39 is 22.9 Å². The number of hydrogen-bond donors (Lipinski definition) is 0. The fraction of sp³-hybridized carbons (Fsp3) is 0.0714. The Hall–Kier alpha value is -0.0404. The number of rotatable bonds is 5. The Morgan fingerprint density at radius 1 is 1.00 bits per heavy atom. The molecule has 2 rings (SSSR count). The molecular weight excluding hydrogens is 598 g/mol. The molecule has 0 aromatic heterocycles. The van der Waals surface area contributed by atoms with Crippen LogP contribution in [0.2, 0.25) is 0 Å². The Kier molecular flexibility index (Phi) is 5.95. The molecule has 0 spiro atoms. The molecule has 0 bridgehead atoms. The molecule has 20 heavy (non-hydrogen) atoms. The first-order chi connectivity index (χ1) is 9.50. The number of halogens is 2. The number of ether oxygens (including phenoxy) is 1. The summed E-state index contributed by atoms with van der Waals surface area (Å²) in [7, 11) is -2.35. The Morgan fingerprint density at radius 2 is 1.55 bits per heavy atom. The Morgan fingerprint density at radius 3 is 2.10 bits per heavy atom. The minimum absolute atomic E-state index is 0.417. The normalized spacial score (nSPS) is 11.9. The number of carboxylic acid groups (broad SMARTS) is 1. The molecule has 3 nitrogen and oxygen atoms in total. The summed E-state index contributed by atoms with van der Waals surface area (Å²) in [6, 6.07) is 18.2. The van der Waals surface area contributed by atoms with Crippen molar-refractivity contribution in [3.05, 3.63) is 54.6 Å². The van der Waals surface area contributed by atoms with E-state index in [-0.39, 0.29) is 0 Å². The van der Waals surface area contributed by atoms with Gasteiger partial charge in [0.2, 0.25) is 0 Å². The van der Waals surface area contributed by atoms with Crippen molar-refractivity contribution < 1.29 is 14.6 Å². The average molecular weight is 609 g/mol. The van der Waals surface area contributed by atoms with Crippen LogP contribution in [-0.4, -0.2) is 22.9 Å². The minimum atomic E-state index is -2.35. The molecule has 0 unspecified atom stereocenters. The summed E-state index contributed by atoms with van der Waals surface area (Å²) in [5.41, 5.74) is 0. The van der Waals surface area contributed by atoms with Crippen LogP contribution in [0.1, 0.15) is 0 Å². The number of hydrogen-bond acceptors (Lipinski definition) is 3. The van der Waals surface area contributed by atoms with Gasteiger partial charge in [0.15, 0.2) is 0 Å². The molecule has 0 aliphatic rings. The van der Waals surface area contributed by atoms with Gasteiger partial charge in [0.05, 0.1) is 0 Å². The topological polar surface area (TPSA) is 49.4 Å². The van der Waals surface area contributed by atoms with Crippen molar-refractivity contribution >= 4 is 60.9 Å². The zero-order chi connectivity index (χ0) is 14.6. The number of benzene rings is 2. The summed E-state index contributed by atoms with van der Waals surface area (Å²) < 4.78 is 7.79. The second-order valence-corrected chi connectivity index (χ2v) is 38.3. The summed E-state index contributed by atoms with van der Waals surface area (Å²) in [5, 5.41) is 10.4. The molecule has 2 aromatic rings. The van der Waals surface area contributed by atoms with Crippen molar-refractivity contribution in [3.63, 3.8) is 0 Å². The van der Waals surface area contributed by atoms with E-state index in [1.165, 1.54) is 7.22 Å². The van der Waals surface area contributed by atoms with Crippen molar-refractivity contribution in [2.45, 2.75) is 0 Å². The summed E-state index contributed by atoms with van der Waals surface area (Å²) in [6.07, 6.45) is 0. The van der Waals surface area contributed by atoms with Gasteiger partial charge in [0.1, 0.15) is 0 Å². The number of carboxylic acids is 1. The third-order valence-corrected chi connectivity index (χ3v) is 21.1. The molecule has 0 aliphatic heterocycles. The number of carbonyl (C=O) groups is 1. The van der Waals surface area contributed by atoms with Crippen LogP contribution in [0.5, 0.6) is 5.75 Å². The molecule has 0 heterocycles. The average Bonchev–Trinajstić information content (AvgIpc) is 2.46. The molecule has 0 radical (unpaired) electrons. The monoisotopic (exact) mass is 611 g/mol. The van der Waals surface area contributed by atoms with Crippen LogP contribution in [0, 0.1) is 0 Å². The van der Waals surface area contributed by atoms with Crippen molar-refractivity contribution in [3.8, 4) is 5.75 Å². The van der Waals surface area contributed by atoms with Gasteiger partial charge in [-0.15, -0.1) is 0 Å². The molecule has 2 aromatic carbocycles. The first-order valence-corrected chi connectivity index (χ1v) is 21.6. The molecule has 0 N–H and O–H groups in total. The van der Waals surface area contributed by atoms with Gasteiger partial charge in [0.25, 0.3) is 0 Å². The number of carbonyl (C=O) groups excluding carboxylic acids is 1. The Bertz CT molecular complexity index is 585. The van der Waals surface area contributed by atoms with E-state index in [2.05, 4.69) is 61.7 Å². The van der Waals surface area contributed by atoms with Crippen LogP contribution in [0.4, 0.5) is 0 Å². The molecule has 0 amide bonds. The standard InChI is InChI=1S/C14H12I2O3Te/c15-20(16,12-4-2-1-3-5-12)13-8-6-11(7-9-13)19-10-14(17)18/h1-9H,10H2,(H,17,18)/p-1. The Labute approximate surface area is 141 Å². The predicted molar refractivity (Wildman–Crippen MR) is 96.4 cm³/mol. The van der Waals surface area contributed by atoms with Crippen LogP contribution < -0.4 is 17.1 Å². The second-order valence-electron chi connectivity index (χ2n) is 3.91. The molecule has 0 atom stereocenters. The molecule has 0 aliphatic carbocycles. The maximum atomic E-state index is 10.4. The van der Waals surface area contributed by atoms with E-state index in [1.807, 2.05) is 30.3 Å². The van der Waals surface area contributed by atoms with Gasteiger partial charge in [0, 0.05) is 0 Å². The third-order valence-electron chi connectivity index (χ3n) is 2.52. The van der Waals surface area contributed by atoms with E-state index in [0.717, 1.165) is 0 Å². The van der Waals surface area contributed by atoms with E-state index in [9.17, 15) is 9.90 Å². The van der Waals surface area contributed by atoms with E-state index in [4.69, 9.17) is 4.74 Å². The van der Waals surface area contributed by atoms with Gasteiger partial charge in [-0.05, 0) is 0 Å². The van der Waals surface area contributed by atoms with Gasteiger partial charge in [-0.2, -0.15) is 0 Å². The fourth-order valence-electron chi connectivity index (χ4n) is 1.58. The van der Waals surface area contributed by atoms with Crippen molar-refractivity contribution in [1.82, 2.24) is 0 Å². The van der Waals surface area contributed by atoms with E-state index in [0.29, 0.717) is 5.75 Å². The summed E-state index contributed by atoms with van der Waals surface area (Å²) in [4.78, 5) is 10.4. The molecular formula is C14H11I2O3Te-. The quantitative estimate of drug-likeness (QED) is 0.380. The van der Waals surface area contributed by atoms with E-state index in [1.54, 1.807) is 0 Å². The zero-order valence-electron chi connectivity index (χ0n) is 10.3. The third kappa shape index (κ3) is 4.23. The van der Waals surface area contributed by atoms with E-state index >= 15 is 0 Å². The van der Waals surface area contributed by atoms with Crippen molar-refractivity contribution in [1.29, 1.82) is 0 Å². The van der Waals surface area contributed by atoms with Crippen LogP contribution in [-0.2, 0) is 4.79 Å². The first kappa shape index (κ1) is 16.3. The first-order valence-electron chi connectivity index (χ1n) is 5.70. The Balaban J connectivity index is 2.19. The molecule has 0 saturated heterocycles. The molecule has 106 valence electrons. The van der Waals surface area contributed by atoms with Gasteiger partial charge >= 0.3 is 142 Å². The van der Waals surface area contributed by atoms with Gasteiger partial charge in [-0.3, -0.25) is 0 Å². The SMILES string of the molecule is O=C([O-])COc1ccc([Te](I)(I)c2ccccc2)cc1. The number of aliphatic carboxylic acids is 1. The fourth-order valence-corrected chi connectivity index (χ4v) is 13.0. The van der Waals surface area contributed by atoms with Gasteiger partial charge in [-0.25, -0.2) is 0 Å². The van der Waals surface area contributed by atoms with Crippen LogP contribution in [0.25, 0.3) is 0 Å². The summed E-state index contributed by atoms with van der Waals surface area (Å²) in [5.74, 6) is -0.661. The second kappa shape index (κ2) is 7.29. The summed E-state index contributed by atoms with van der Waals surface area (Å²) >= 11 is 5.17. The van der Waals surface area contributed by atoms with Gasteiger partial charge < -0.3 is 0 Å². The zero-order valence-corrected chi connectivity index (χ0v) is 16.9. The summed E-state index contributed by atoms with van der Waals surface area (Å²) in [6.45, 7) is -0.417. The van der Waals surface area contributed by atoms with Crippen LogP contribution in [0.15, 0.2) is 54.6 Å². The van der Waals surface area contributed by atoms with Crippen LogP contribution in [0.3, 0.4) is 0 Å². The maximum absolute atomic E-state index is 10.4. The predicted octanol–water partition coefficient (Wildman–Crippen LogP) is 1.24. The molecule has 0 fully saturated rings. The van der Waals surface area contributed by atoms with Crippen molar-refractivity contribution in [2.24, 2.45) is 0 Å². The van der Waals surface area contributed by atoms with Gasteiger partial charge in [-0.1, -0.05) is 0 Å².